The van der Waals surface area contributed by atoms with Crippen LogP contribution in [-0.4, -0.2) is 28.7 Å². The zero-order valence-electron chi connectivity index (χ0n) is 12.6. The molecule has 0 aliphatic heterocycles. The summed E-state index contributed by atoms with van der Waals surface area (Å²) in [6, 6.07) is 3.63. The highest BCUT2D eigenvalue weighted by Gasteiger charge is 2.34. The van der Waals surface area contributed by atoms with Gasteiger partial charge in [0.25, 0.3) is 0 Å². The summed E-state index contributed by atoms with van der Waals surface area (Å²) in [5.74, 6) is -2.71. The van der Waals surface area contributed by atoms with Crippen LogP contribution in [0, 0.1) is 0 Å². The third-order valence-electron chi connectivity index (χ3n) is 2.80. The average molecular weight is 348 g/mol. The molecule has 3 N–H and O–H groups in total. The highest BCUT2D eigenvalue weighted by molar-refractivity contribution is 6.35. The number of esters is 1. The molecule has 7 heteroatoms. The molecule has 0 aromatic heterocycles. The van der Waals surface area contributed by atoms with Gasteiger partial charge in [-0.1, -0.05) is 29.3 Å². The van der Waals surface area contributed by atoms with Gasteiger partial charge in [-0.15, -0.1) is 0 Å². The van der Waals surface area contributed by atoms with Crippen molar-refractivity contribution in [3.63, 3.8) is 0 Å². The van der Waals surface area contributed by atoms with Crippen LogP contribution in [-0.2, 0) is 14.3 Å². The van der Waals surface area contributed by atoms with E-state index in [0.717, 1.165) is 0 Å². The summed E-state index contributed by atoms with van der Waals surface area (Å²) in [5.41, 5.74) is 5.58. The summed E-state index contributed by atoms with van der Waals surface area (Å²) in [4.78, 5) is 23.3. The topological polar surface area (TPSA) is 89.6 Å². The van der Waals surface area contributed by atoms with Crippen LogP contribution in [0.1, 0.15) is 38.7 Å². The van der Waals surface area contributed by atoms with Crippen LogP contribution in [0.2, 0.25) is 10.0 Å². The minimum atomic E-state index is -1.11. The number of nitrogens with two attached hydrogens (primary N) is 1. The van der Waals surface area contributed by atoms with Crippen LogP contribution in [0.5, 0.6) is 0 Å². The van der Waals surface area contributed by atoms with Crippen molar-refractivity contribution in [3.8, 4) is 0 Å². The Balaban J connectivity index is 3.21. The highest BCUT2D eigenvalue weighted by Crippen LogP contribution is 2.32. The molecule has 5 nitrogen and oxygen atoms in total. The van der Waals surface area contributed by atoms with Crippen LogP contribution in [0.4, 0.5) is 0 Å². The van der Waals surface area contributed by atoms with Gasteiger partial charge in [0.05, 0.1) is 12.3 Å². The normalized spacial score (nSPS) is 14.3. The van der Waals surface area contributed by atoms with E-state index < -0.39 is 29.5 Å². The van der Waals surface area contributed by atoms with Crippen molar-refractivity contribution in [1.29, 1.82) is 0 Å². The number of aliphatic carboxylic acids is 1. The molecule has 0 bridgehead atoms. The number of halogens is 2. The first kappa shape index (κ1) is 18.7. The third kappa shape index (κ3) is 5.48. The Hall–Kier alpha value is -1.30. The Morgan fingerprint density at radius 2 is 1.91 bits per heavy atom. The number of carboxylic acid groups (broad SMARTS) is 1. The first-order valence-corrected chi connectivity index (χ1v) is 7.42. The summed E-state index contributed by atoms with van der Waals surface area (Å²) in [6.07, 6.45) is -0.386. The van der Waals surface area contributed by atoms with Crippen molar-refractivity contribution in [2.24, 2.45) is 5.73 Å². The molecule has 0 spiro atoms. The smallest absolute Gasteiger partial charge is 0.315 e. The number of hydrogen-bond donors (Lipinski definition) is 2. The van der Waals surface area contributed by atoms with E-state index in [0.29, 0.717) is 10.6 Å². The largest absolute Gasteiger partial charge is 0.481 e. The van der Waals surface area contributed by atoms with E-state index in [-0.39, 0.29) is 11.4 Å². The van der Waals surface area contributed by atoms with Crippen molar-refractivity contribution >= 4 is 35.1 Å². The molecule has 0 saturated heterocycles. The second-order valence-electron chi connectivity index (χ2n) is 5.94. The zero-order valence-corrected chi connectivity index (χ0v) is 14.1. The molecule has 122 valence electrons. The van der Waals surface area contributed by atoms with Crippen molar-refractivity contribution in [3.05, 3.63) is 33.8 Å². The lowest BCUT2D eigenvalue weighted by atomic mass is 9.89. The molecule has 1 rings (SSSR count). The second kappa shape index (κ2) is 7.31. The van der Waals surface area contributed by atoms with Gasteiger partial charge in [-0.05, 0) is 38.5 Å². The fourth-order valence-corrected chi connectivity index (χ4v) is 2.50. The number of carbonyl (C=O) groups excluding carboxylic acids is 1. The quantitative estimate of drug-likeness (QED) is 0.798. The zero-order chi connectivity index (χ0) is 17.1. The first-order valence-electron chi connectivity index (χ1n) is 6.66. The summed E-state index contributed by atoms with van der Waals surface area (Å²) >= 11 is 12.0. The van der Waals surface area contributed by atoms with Gasteiger partial charge in [-0.2, -0.15) is 0 Å². The van der Waals surface area contributed by atoms with Gasteiger partial charge in [0.1, 0.15) is 5.60 Å². The predicted octanol–water partition coefficient (Wildman–Crippen LogP) is 3.22. The molecule has 0 radical (unpaired) electrons. The van der Waals surface area contributed by atoms with Crippen LogP contribution in [0.15, 0.2) is 18.2 Å². The summed E-state index contributed by atoms with van der Waals surface area (Å²) in [6.45, 7) is 5.15. The van der Waals surface area contributed by atoms with Crippen LogP contribution in [0.25, 0.3) is 0 Å². The van der Waals surface area contributed by atoms with Gasteiger partial charge < -0.3 is 15.6 Å². The maximum atomic E-state index is 12.4. The maximum absolute atomic E-state index is 12.4. The molecule has 2 atom stereocenters. The Kier molecular flexibility index (Phi) is 6.23. The van der Waals surface area contributed by atoms with Gasteiger partial charge in [0, 0.05) is 16.1 Å². The molecule has 0 heterocycles. The summed E-state index contributed by atoms with van der Waals surface area (Å²) in [5, 5.41) is 9.57. The lowest BCUT2D eigenvalue weighted by Crippen LogP contribution is -2.39. The number of rotatable bonds is 5. The van der Waals surface area contributed by atoms with Crippen molar-refractivity contribution in [1.82, 2.24) is 0 Å². The molecule has 22 heavy (non-hydrogen) atoms. The summed E-state index contributed by atoms with van der Waals surface area (Å²) in [7, 11) is 0. The molecular formula is C15H19Cl2NO4. The Bertz CT molecular complexity index is 569. The van der Waals surface area contributed by atoms with E-state index in [1.54, 1.807) is 32.9 Å². The molecule has 0 saturated carbocycles. The molecular weight excluding hydrogens is 329 g/mol. The standard InChI is InChI=1S/C15H19Cl2NO4/c1-15(2,3)22-14(21)13(11(18)7-12(19)20)9-5-4-8(16)6-10(9)17/h4-6,11,13H,7,18H2,1-3H3,(H,19,20)/t11-,13-/m0/s1. The number of hydrogen-bond acceptors (Lipinski definition) is 4. The van der Waals surface area contributed by atoms with Crippen molar-refractivity contribution in [2.45, 2.75) is 44.8 Å². The lowest BCUT2D eigenvalue weighted by Gasteiger charge is -2.27. The maximum Gasteiger partial charge on any atom is 0.315 e. The number of ether oxygens (including phenoxy) is 1. The first-order chi connectivity index (χ1) is 10.0. The molecule has 1 aromatic rings. The molecule has 1 aromatic carbocycles. The Labute approximate surface area is 139 Å². The van der Waals surface area contributed by atoms with Crippen molar-refractivity contribution < 1.29 is 19.4 Å². The van der Waals surface area contributed by atoms with Crippen LogP contribution >= 0.6 is 23.2 Å². The number of benzene rings is 1. The Morgan fingerprint density at radius 3 is 2.36 bits per heavy atom. The Morgan fingerprint density at radius 1 is 1.32 bits per heavy atom. The van der Waals surface area contributed by atoms with E-state index in [4.69, 9.17) is 38.8 Å². The van der Waals surface area contributed by atoms with Gasteiger partial charge in [0.15, 0.2) is 0 Å². The average Bonchev–Trinajstić information content (AvgIpc) is 2.28. The number of carbonyl (C=O) groups is 2. The van der Waals surface area contributed by atoms with Gasteiger partial charge in [-0.3, -0.25) is 9.59 Å². The molecule has 0 amide bonds. The van der Waals surface area contributed by atoms with Gasteiger partial charge in [0.2, 0.25) is 0 Å². The van der Waals surface area contributed by atoms with Crippen LogP contribution in [0.3, 0.4) is 0 Å². The van der Waals surface area contributed by atoms with E-state index in [1.165, 1.54) is 6.07 Å². The van der Waals surface area contributed by atoms with Gasteiger partial charge >= 0.3 is 11.9 Å². The van der Waals surface area contributed by atoms with E-state index in [1.807, 2.05) is 0 Å². The second-order valence-corrected chi connectivity index (χ2v) is 6.78. The predicted molar refractivity (Wildman–Crippen MR) is 85.3 cm³/mol. The third-order valence-corrected chi connectivity index (χ3v) is 3.36. The van der Waals surface area contributed by atoms with Crippen molar-refractivity contribution in [2.75, 3.05) is 0 Å². The van der Waals surface area contributed by atoms with E-state index >= 15 is 0 Å². The summed E-state index contributed by atoms with van der Waals surface area (Å²) < 4.78 is 5.34. The molecule has 0 fully saturated rings. The molecule has 0 aliphatic rings. The highest BCUT2D eigenvalue weighted by atomic mass is 35.5. The fraction of sp³-hybridized carbons (Fsp3) is 0.467. The SMILES string of the molecule is CC(C)(C)OC(=O)[C@@H](c1ccc(Cl)cc1Cl)[C@@H](N)CC(=O)O. The molecule has 0 aliphatic carbocycles. The van der Waals surface area contributed by atoms with Crippen LogP contribution < -0.4 is 5.73 Å². The monoisotopic (exact) mass is 347 g/mol. The van der Waals surface area contributed by atoms with E-state index in [2.05, 4.69) is 0 Å². The molecule has 0 unspecified atom stereocenters. The van der Waals surface area contributed by atoms with E-state index in [9.17, 15) is 9.59 Å². The minimum absolute atomic E-state index is 0.240. The van der Waals surface area contributed by atoms with Gasteiger partial charge in [-0.25, -0.2) is 0 Å². The lowest BCUT2D eigenvalue weighted by molar-refractivity contribution is -0.157. The fourth-order valence-electron chi connectivity index (χ4n) is 1.97. The number of carboxylic acids is 1. The minimum Gasteiger partial charge on any atom is -0.481 e.